The Labute approximate surface area is 70.8 Å². The first-order valence-electron chi connectivity index (χ1n) is 4.71. The van der Waals surface area contributed by atoms with Gasteiger partial charge in [-0.05, 0) is 38.5 Å². The number of quaternary nitrogens is 1. The summed E-state index contributed by atoms with van der Waals surface area (Å²) >= 11 is 0. The first-order chi connectivity index (χ1) is 5.31. The van der Waals surface area contributed by atoms with E-state index in [4.69, 9.17) is 0 Å². The predicted octanol–water partition coefficient (Wildman–Crippen LogP) is 0.820. The molecule has 2 fully saturated rings. The third-order valence-electron chi connectivity index (χ3n) is 2.98. The Morgan fingerprint density at radius 2 is 1.45 bits per heavy atom. The van der Waals surface area contributed by atoms with Crippen LogP contribution in [0.2, 0.25) is 0 Å². The third-order valence-corrected chi connectivity index (χ3v) is 2.98. The molecule has 0 saturated carbocycles. The highest BCUT2D eigenvalue weighted by molar-refractivity contribution is 5.97. The lowest BCUT2D eigenvalue weighted by atomic mass is 9.85. The Balaban J connectivity index is 2.06. The maximum atomic E-state index is 1.67. The Morgan fingerprint density at radius 3 is 1.91 bits per heavy atom. The van der Waals surface area contributed by atoms with E-state index in [9.17, 15) is 0 Å². The summed E-state index contributed by atoms with van der Waals surface area (Å²) in [5, 5.41) is 0. The van der Waals surface area contributed by atoms with Crippen LogP contribution in [0.15, 0.2) is 0 Å². The molecule has 0 atom stereocenters. The third kappa shape index (κ3) is 1.33. The van der Waals surface area contributed by atoms with Crippen molar-refractivity contribution in [2.24, 2.45) is 0 Å². The molecule has 2 rings (SSSR count). The van der Waals surface area contributed by atoms with Crippen LogP contribution in [0.5, 0.6) is 0 Å². The molecule has 0 N–H and O–H groups in total. The van der Waals surface area contributed by atoms with Crippen LogP contribution >= 0.6 is 0 Å². The number of hydrogen-bond acceptors (Lipinski definition) is 0. The van der Waals surface area contributed by atoms with E-state index in [0.29, 0.717) is 7.98 Å². The van der Waals surface area contributed by atoms with Crippen molar-refractivity contribution in [3.63, 3.8) is 0 Å². The average Bonchev–Trinajstić information content (AvgIpc) is 2.03. The zero-order valence-corrected chi connectivity index (χ0v) is 6.68. The molecule has 0 unspecified atom stereocenters. The second-order valence-electron chi connectivity index (χ2n) is 3.68. The molecule has 2 aliphatic rings. The lowest BCUT2D eigenvalue weighted by Gasteiger charge is -2.55. The Morgan fingerprint density at radius 1 is 0.909 bits per heavy atom. The van der Waals surface area contributed by atoms with E-state index in [1.807, 2.05) is 0 Å². The summed E-state index contributed by atoms with van der Waals surface area (Å²) in [7, 11) is 0.562. The molecule has 2 heterocycles. The molecule has 0 radical (unpaired) electrons. The van der Waals surface area contributed by atoms with Crippen molar-refractivity contribution in [1.29, 1.82) is 0 Å². The molecule has 0 amide bonds. The zero-order chi connectivity index (χ0) is 7.73. The van der Waals surface area contributed by atoms with E-state index in [1.165, 1.54) is 12.8 Å². The van der Waals surface area contributed by atoms with Gasteiger partial charge in [0, 0.05) is 19.1 Å². The molecule has 2 saturated heterocycles. The van der Waals surface area contributed by atoms with Gasteiger partial charge in [-0.15, -0.1) is 0 Å². The molecule has 1 nitrogen and oxygen atoms in total. The topological polar surface area (TPSA) is 0 Å². The van der Waals surface area contributed by atoms with Gasteiger partial charge < -0.3 is 4.39 Å². The maximum Gasteiger partial charge on any atom is 0.169 e. The normalized spacial score (nSPS) is 45.0. The average molecular weight is 153 g/mol. The van der Waals surface area contributed by atoms with Crippen LogP contribution in [0.4, 0.5) is 0 Å². The predicted molar refractivity (Wildman–Crippen MR) is 51.4 cm³/mol. The van der Waals surface area contributed by atoms with Gasteiger partial charge in [0.05, 0.1) is 0 Å². The van der Waals surface area contributed by atoms with E-state index >= 15 is 0 Å². The quantitative estimate of drug-likeness (QED) is 0.452. The Bertz CT molecular complexity index is 134. The number of nitrogens with zero attached hydrogens (tertiary/aromatic N) is 1. The summed E-state index contributed by atoms with van der Waals surface area (Å²) in [5.74, 6) is 0. The van der Waals surface area contributed by atoms with Crippen molar-refractivity contribution < 1.29 is 4.39 Å². The largest absolute Gasteiger partial charge is 0.520 e. The van der Waals surface area contributed by atoms with Crippen LogP contribution in [-0.4, -0.2) is 31.5 Å². The van der Waals surface area contributed by atoms with Gasteiger partial charge in [0.2, 0.25) is 0 Å². The molecule has 2 aliphatic heterocycles. The molecule has 0 spiro atoms. The molecule has 0 bridgehead atoms. The van der Waals surface area contributed by atoms with Crippen LogP contribution in [0.3, 0.4) is 0 Å². The fraction of sp³-hybridized carbons (Fsp3) is 1.00. The SMILES string of the molecule is [BH3-][N+]12CCCCC1CCCC2. The van der Waals surface area contributed by atoms with E-state index in [0.717, 1.165) is 6.04 Å². The Kier molecular flexibility index (Phi) is 1.96. The molecule has 0 aliphatic carbocycles. The minimum atomic E-state index is 0.562. The van der Waals surface area contributed by atoms with Crippen molar-refractivity contribution >= 4 is 7.98 Å². The molecule has 2 heteroatoms. The van der Waals surface area contributed by atoms with Gasteiger partial charge in [-0.1, -0.05) is 0 Å². The summed E-state index contributed by atoms with van der Waals surface area (Å²) in [5.41, 5.74) is 0. The van der Waals surface area contributed by atoms with Gasteiger partial charge in [0.25, 0.3) is 0 Å². The van der Waals surface area contributed by atoms with Gasteiger partial charge in [0.1, 0.15) is 0 Å². The number of piperidine rings is 2. The van der Waals surface area contributed by atoms with Crippen molar-refractivity contribution in [1.82, 2.24) is 0 Å². The second-order valence-corrected chi connectivity index (χ2v) is 3.68. The molecule has 0 aromatic heterocycles. The van der Waals surface area contributed by atoms with Gasteiger partial charge in [-0.25, -0.2) is 0 Å². The fourth-order valence-corrected chi connectivity index (χ4v) is 2.38. The molecule has 11 heavy (non-hydrogen) atoms. The summed E-state index contributed by atoms with van der Waals surface area (Å²) in [4.78, 5) is 0. The van der Waals surface area contributed by atoms with E-state index in [1.54, 1.807) is 43.2 Å². The van der Waals surface area contributed by atoms with Gasteiger partial charge in [-0.2, -0.15) is 0 Å². The minimum Gasteiger partial charge on any atom is -0.520 e. The lowest BCUT2D eigenvalue weighted by Crippen LogP contribution is -2.58. The summed E-state index contributed by atoms with van der Waals surface area (Å²) in [6.07, 6.45) is 9.31. The molecule has 0 aromatic carbocycles. The van der Waals surface area contributed by atoms with E-state index in [-0.39, 0.29) is 0 Å². The maximum absolute atomic E-state index is 1.67. The number of rotatable bonds is 0. The smallest absolute Gasteiger partial charge is 0.169 e. The van der Waals surface area contributed by atoms with Crippen LogP contribution in [-0.2, 0) is 0 Å². The Hall–Kier alpha value is 0.0249. The summed E-state index contributed by atoms with van der Waals surface area (Å²) in [6.45, 7) is 3.15. The summed E-state index contributed by atoms with van der Waals surface area (Å²) in [6, 6.07) is 1.15. The van der Waals surface area contributed by atoms with Crippen molar-refractivity contribution in [3.05, 3.63) is 0 Å². The molecule has 0 aromatic rings. The van der Waals surface area contributed by atoms with Crippen molar-refractivity contribution in [2.75, 3.05) is 13.1 Å². The highest BCUT2D eigenvalue weighted by Gasteiger charge is 2.31. The highest BCUT2D eigenvalue weighted by atomic mass is 15.3. The van der Waals surface area contributed by atoms with Crippen LogP contribution in [0, 0.1) is 0 Å². The highest BCUT2D eigenvalue weighted by Crippen LogP contribution is 2.30. The number of hydrogen-bond donors (Lipinski definition) is 0. The van der Waals surface area contributed by atoms with Crippen molar-refractivity contribution in [2.45, 2.75) is 44.6 Å². The van der Waals surface area contributed by atoms with Crippen LogP contribution in [0.25, 0.3) is 0 Å². The first kappa shape index (κ1) is 7.66. The van der Waals surface area contributed by atoms with Gasteiger partial charge >= 0.3 is 0 Å². The first-order valence-corrected chi connectivity index (χ1v) is 4.71. The van der Waals surface area contributed by atoms with Crippen LogP contribution < -0.4 is 0 Å². The minimum absolute atomic E-state index is 0.562. The lowest BCUT2D eigenvalue weighted by molar-refractivity contribution is -0.855. The van der Waals surface area contributed by atoms with Gasteiger partial charge in [-0.3, -0.25) is 0 Å². The zero-order valence-electron chi connectivity index (χ0n) is 6.68. The summed E-state index contributed by atoms with van der Waals surface area (Å²) < 4.78 is 1.67. The van der Waals surface area contributed by atoms with Crippen molar-refractivity contribution in [3.8, 4) is 0 Å². The number of fused-ring (bicyclic) bond motifs is 1. The molecular weight excluding hydrogens is 133 g/mol. The van der Waals surface area contributed by atoms with Crippen LogP contribution in [0.1, 0.15) is 38.5 Å². The standard InChI is InChI=1S/C9H20BN/c10-11-7-3-1-5-9(11)6-2-4-8-11/h9H,1-8H2,10H3. The molecular formula is C9H20BN. The second kappa shape index (κ2) is 2.82. The van der Waals surface area contributed by atoms with Gasteiger partial charge in [0.15, 0.2) is 7.98 Å². The molecule has 64 valence electrons. The van der Waals surface area contributed by atoms with E-state index < -0.39 is 0 Å². The van der Waals surface area contributed by atoms with E-state index in [2.05, 4.69) is 0 Å². The fourth-order valence-electron chi connectivity index (χ4n) is 2.38. The monoisotopic (exact) mass is 153 g/mol.